The van der Waals surface area contributed by atoms with E-state index >= 15 is 0 Å². The highest BCUT2D eigenvalue weighted by atomic mass is 35.5. The zero-order chi connectivity index (χ0) is 13.4. The maximum atomic E-state index is 6.22. The first kappa shape index (κ1) is 12.4. The van der Waals surface area contributed by atoms with E-state index in [0.29, 0.717) is 17.4 Å². The Labute approximate surface area is 119 Å². The SMILES string of the molecule is Cn1ccnc1Cn1c(CCl)nc2cncc(Cl)c21. The lowest BCUT2D eigenvalue weighted by atomic mass is 10.4. The van der Waals surface area contributed by atoms with E-state index < -0.39 is 0 Å². The summed E-state index contributed by atoms with van der Waals surface area (Å²) in [6.45, 7) is 0.575. The number of hydrogen-bond acceptors (Lipinski definition) is 3. The highest BCUT2D eigenvalue weighted by Crippen LogP contribution is 2.24. The van der Waals surface area contributed by atoms with Crippen molar-refractivity contribution < 1.29 is 0 Å². The van der Waals surface area contributed by atoms with Crippen LogP contribution in [0.1, 0.15) is 11.6 Å². The minimum absolute atomic E-state index is 0.315. The zero-order valence-electron chi connectivity index (χ0n) is 10.2. The summed E-state index contributed by atoms with van der Waals surface area (Å²) < 4.78 is 3.94. The molecule has 0 aromatic carbocycles. The first-order valence-electron chi connectivity index (χ1n) is 5.71. The molecular formula is C12H11Cl2N5. The summed E-state index contributed by atoms with van der Waals surface area (Å²) in [5.74, 6) is 1.99. The second kappa shape index (κ2) is 4.83. The number of alkyl halides is 1. The standard InChI is InChI=1S/C12H11Cl2N5/c1-18-3-2-16-11(18)7-19-10(4-13)17-9-6-15-5-8(14)12(9)19/h2-3,5-6H,4,7H2,1H3. The molecule has 3 aromatic rings. The summed E-state index contributed by atoms with van der Waals surface area (Å²) in [7, 11) is 1.95. The fourth-order valence-corrected chi connectivity index (χ4v) is 2.52. The van der Waals surface area contributed by atoms with E-state index in [1.165, 1.54) is 0 Å². The van der Waals surface area contributed by atoms with Gasteiger partial charge in [-0.05, 0) is 0 Å². The quantitative estimate of drug-likeness (QED) is 0.698. The predicted molar refractivity (Wildman–Crippen MR) is 74.4 cm³/mol. The fraction of sp³-hybridized carbons (Fsp3) is 0.250. The third-order valence-electron chi connectivity index (χ3n) is 3.02. The molecule has 3 heterocycles. The molecule has 3 aromatic heterocycles. The van der Waals surface area contributed by atoms with Gasteiger partial charge in [0.1, 0.15) is 17.2 Å². The average molecular weight is 296 g/mol. The molecule has 0 bridgehead atoms. The van der Waals surface area contributed by atoms with Crippen molar-refractivity contribution in [2.24, 2.45) is 7.05 Å². The van der Waals surface area contributed by atoms with Gasteiger partial charge in [-0.15, -0.1) is 11.6 Å². The van der Waals surface area contributed by atoms with Crippen LogP contribution in [-0.4, -0.2) is 24.1 Å². The van der Waals surface area contributed by atoms with Crippen molar-refractivity contribution in [2.75, 3.05) is 0 Å². The van der Waals surface area contributed by atoms with Crippen molar-refractivity contribution in [3.8, 4) is 0 Å². The van der Waals surface area contributed by atoms with Crippen molar-refractivity contribution in [1.82, 2.24) is 24.1 Å². The average Bonchev–Trinajstić information content (AvgIpc) is 2.96. The summed E-state index contributed by atoms with van der Waals surface area (Å²) in [6.07, 6.45) is 6.96. The predicted octanol–water partition coefficient (Wildman–Crippen LogP) is 2.61. The van der Waals surface area contributed by atoms with Crippen LogP contribution in [0, 0.1) is 0 Å². The van der Waals surface area contributed by atoms with Crippen molar-refractivity contribution in [1.29, 1.82) is 0 Å². The van der Waals surface area contributed by atoms with E-state index in [1.807, 2.05) is 22.4 Å². The van der Waals surface area contributed by atoms with Crippen LogP contribution < -0.4 is 0 Å². The third-order valence-corrected chi connectivity index (χ3v) is 3.54. The molecule has 0 amide bonds. The Morgan fingerprint density at radius 3 is 2.79 bits per heavy atom. The summed E-state index contributed by atoms with van der Waals surface area (Å²) in [6, 6.07) is 0. The summed E-state index contributed by atoms with van der Waals surface area (Å²) in [5.41, 5.74) is 1.59. The Balaban J connectivity index is 2.18. The van der Waals surface area contributed by atoms with Crippen molar-refractivity contribution in [3.63, 3.8) is 0 Å². The molecule has 0 aliphatic heterocycles. The van der Waals surface area contributed by atoms with E-state index in [0.717, 1.165) is 22.7 Å². The molecule has 0 aliphatic carbocycles. The Kier molecular flexibility index (Phi) is 3.16. The second-order valence-corrected chi connectivity index (χ2v) is 4.87. The number of nitrogens with zero attached hydrogens (tertiary/aromatic N) is 5. The van der Waals surface area contributed by atoms with Gasteiger partial charge in [-0.1, -0.05) is 11.6 Å². The summed E-state index contributed by atoms with van der Waals surface area (Å²) in [5, 5.41) is 0.565. The van der Waals surface area contributed by atoms with Crippen LogP contribution in [0.25, 0.3) is 11.0 Å². The number of fused-ring (bicyclic) bond motifs is 1. The molecule has 0 atom stereocenters. The molecule has 98 valence electrons. The van der Waals surface area contributed by atoms with E-state index in [9.17, 15) is 0 Å². The van der Waals surface area contributed by atoms with Gasteiger partial charge in [-0.2, -0.15) is 0 Å². The van der Waals surface area contributed by atoms with Crippen molar-refractivity contribution in [2.45, 2.75) is 12.4 Å². The molecule has 0 N–H and O–H groups in total. The van der Waals surface area contributed by atoms with Gasteiger partial charge >= 0.3 is 0 Å². The van der Waals surface area contributed by atoms with E-state index in [-0.39, 0.29) is 0 Å². The molecule has 0 saturated carbocycles. The van der Waals surface area contributed by atoms with Gasteiger partial charge in [0.15, 0.2) is 0 Å². The molecule has 0 radical (unpaired) electrons. The van der Waals surface area contributed by atoms with Crippen LogP contribution in [0.15, 0.2) is 24.8 Å². The van der Waals surface area contributed by atoms with Crippen molar-refractivity contribution in [3.05, 3.63) is 41.5 Å². The monoisotopic (exact) mass is 295 g/mol. The second-order valence-electron chi connectivity index (χ2n) is 4.19. The Bertz CT molecular complexity index is 731. The lowest BCUT2D eigenvalue weighted by Gasteiger charge is -2.08. The summed E-state index contributed by atoms with van der Waals surface area (Å²) in [4.78, 5) is 12.8. The number of aromatic nitrogens is 5. The van der Waals surface area contributed by atoms with E-state index in [4.69, 9.17) is 23.2 Å². The first-order valence-corrected chi connectivity index (χ1v) is 6.62. The minimum atomic E-state index is 0.315. The van der Waals surface area contributed by atoms with Gasteiger partial charge in [0.25, 0.3) is 0 Å². The Morgan fingerprint density at radius 2 is 2.11 bits per heavy atom. The molecule has 0 unspecified atom stereocenters. The Hall–Kier alpha value is -1.59. The Morgan fingerprint density at radius 1 is 1.26 bits per heavy atom. The lowest BCUT2D eigenvalue weighted by Crippen LogP contribution is -2.08. The molecule has 5 nitrogen and oxygen atoms in total. The molecule has 19 heavy (non-hydrogen) atoms. The lowest BCUT2D eigenvalue weighted by molar-refractivity contribution is 0.693. The molecule has 0 aliphatic rings. The number of pyridine rings is 1. The van der Waals surface area contributed by atoms with Gasteiger partial charge in [-0.25, -0.2) is 9.97 Å². The minimum Gasteiger partial charge on any atom is -0.337 e. The van der Waals surface area contributed by atoms with Crippen LogP contribution in [0.5, 0.6) is 0 Å². The number of halogens is 2. The number of aryl methyl sites for hydroxylation is 1. The number of imidazole rings is 2. The highest BCUT2D eigenvalue weighted by molar-refractivity contribution is 6.34. The fourth-order valence-electron chi connectivity index (χ4n) is 2.06. The molecular weight excluding hydrogens is 285 g/mol. The van der Waals surface area contributed by atoms with Crippen LogP contribution in [0.4, 0.5) is 0 Å². The van der Waals surface area contributed by atoms with Gasteiger partial charge in [0, 0.05) is 25.6 Å². The topological polar surface area (TPSA) is 48.5 Å². The zero-order valence-corrected chi connectivity index (χ0v) is 11.7. The maximum absolute atomic E-state index is 6.22. The molecule has 0 spiro atoms. The van der Waals surface area contributed by atoms with Crippen LogP contribution in [0.3, 0.4) is 0 Å². The van der Waals surface area contributed by atoms with Gasteiger partial charge < -0.3 is 9.13 Å². The van der Waals surface area contributed by atoms with E-state index in [1.54, 1.807) is 18.6 Å². The molecule has 7 heteroatoms. The number of hydrogen-bond donors (Lipinski definition) is 0. The highest BCUT2D eigenvalue weighted by Gasteiger charge is 2.14. The molecule has 3 rings (SSSR count). The van der Waals surface area contributed by atoms with Crippen LogP contribution in [0.2, 0.25) is 5.02 Å². The first-order chi connectivity index (χ1) is 9.20. The smallest absolute Gasteiger partial charge is 0.128 e. The third kappa shape index (κ3) is 2.09. The maximum Gasteiger partial charge on any atom is 0.128 e. The van der Waals surface area contributed by atoms with Gasteiger partial charge in [-0.3, -0.25) is 4.98 Å². The number of rotatable bonds is 3. The largest absolute Gasteiger partial charge is 0.337 e. The molecule has 0 saturated heterocycles. The van der Waals surface area contributed by atoms with Crippen LogP contribution >= 0.6 is 23.2 Å². The summed E-state index contributed by atoms with van der Waals surface area (Å²) >= 11 is 12.2. The normalized spacial score (nSPS) is 11.3. The van der Waals surface area contributed by atoms with Gasteiger partial charge in [0.05, 0.1) is 29.2 Å². The van der Waals surface area contributed by atoms with Crippen molar-refractivity contribution >= 4 is 34.2 Å². The molecule has 0 fully saturated rings. The van der Waals surface area contributed by atoms with Gasteiger partial charge in [0.2, 0.25) is 0 Å². The van der Waals surface area contributed by atoms with Crippen LogP contribution in [-0.2, 0) is 19.5 Å². The van der Waals surface area contributed by atoms with E-state index in [2.05, 4.69) is 15.0 Å².